The van der Waals surface area contributed by atoms with E-state index in [1.165, 1.54) is 36.5 Å². The molecular formula is C38H47NO5. The second-order valence-corrected chi connectivity index (χ2v) is 12.6. The van der Waals surface area contributed by atoms with Gasteiger partial charge in [0.15, 0.2) is 0 Å². The summed E-state index contributed by atoms with van der Waals surface area (Å²) < 4.78 is 11.8. The van der Waals surface area contributed by atoms with Crippen LogP contribution in [0, 0.1) is 26.2 Å². The number of ether oxygens (including phenoxy) is 2. The number of carbonyl (C=O) groups excluding carboxylic acids is 1. The number of aliphatic carboxylic acids is 1. The minimum atomic E-state index is -1.03. The number of esters is 1. The van der Waals surface area contributed by atoms with Gasteiger partial charge in [0.05, 0.1) is 0 Å². The van der Waals surface area contributed by atoms with E-state index in [9.17, 15) is 9.59 Å². The van der Waals surface area contributed by atoms with Crippen LogP contribution in [0.4, 0.5) is 0 Å². The number of benzene rings is 2. The van der Waals surface area contributed by atoms with E-state index in [-0.39, 0.29) is 11.8 Å². The quantitative estimate of drug-likeness (QED) is 0.116. The van der Waals surface area contributed by atoms with Gasteiger partial charge >= 0.3 is 11.9 Å². The highest BCUT2D eigenvalue weighted by Gasteiger charge is 2.26. The predicted octanol–water partition coefficient (Wildman–Crippen LogP) is 8.80. The van der Waals surface area contributed by atoms with Gasteiger partial charge in [0.1, 0.15) is 23.3 Å². The average Bonchev–Trinajstić information content (AvgIpc) is 2.91. The molecule has 1 atom stereocenters. The third kappa shape index (κ3) is 9.68. The maximum atomic E-state index is 12.6. The summed E-state index contributed by atoms with van der Waals surface area (Å²) in [4.78, 5) is 23.7. The summed E-state index contributed by atoms with van der Waals surface area (Å²) in [6.07, 6.45) is 15.7. The number of nitrogens with two attached hydrogens (primary N) is 1. The summed E-state index contributed by atoms with van der Waals surface area (Å²) in [7, 11) is 0. The second kappa shape index (κ2) is 15.0. The molecule has 0 amide bonds. The van der Waals surface area contributed by atoms with E-state index in [0.717, 1.165) is 33.4 Å². The van der Waals surface area contributed by atoms with Gasteiger partial charge in [-0.05, 0) is 124 Å². The molecule has 0 aliphatic heterocycles. The topological polar surface area (TPSA) is 98.9 Å². The Morgan fingerprint density at radius 2 is 1.68 bits per heavy atom. The van der Waals surface area contributed by atoms with Crippen LogP contribution in [-0.4, -0.2) is 23.1 Å². The van der Waals surface area contributed by atoms with Crippen molar-refractivity contribution in [2.75, 3.05) is 0 Å². The molecule has 3 rings (SSSR count). The number of carboxylic acid groups (broad SMARTS) is 1. The van der Waals surface area contributed by atoms with Crippen LogP contribution in [0.5, 0.6) is 17.2 Å². The van der Waals surface area contributed by atoms with Crippen LogP contribution in [0.25, 0.3) is 0 Å². The molecule has 0 bridgehead atoms. The van der Waals surface area contributed by atoms with Crippen molar-refractivity contribution < 1.29 is 24.2 Å². The molecule has 234 valence electrons. The Hall–Kier alpha value is -4.16. The standard InChI is InChI=1S/C38H47NO5/c1-24(14-16-32-26(3)13-10-18-38(32,7)8)11-9-12-25(2)19-35(40)44-34-17-15-31(22-27(34)4)43-36-28(5)20-30(21-29(36)6)23-33(39)37(41)42/h9,11-12,14-17,19-22,33H,10,13,18,23,39H2,1-8H3,(H,41,42)/b12-9+,16-14+,24-11+,25-19+. The van der Waals surface area contributed by atoms with Crippen molar-refractivity contribution in [1.82, 2.24) is 0 Å². The zero-order valence-corrected chi connectivity index (χ0v) is 27.4. The first-order valence-corrected chi connectivity index (χ1v) is 15.2. The number of carboxylic acids is 1. The van der Waals surface area contributed by atoms with E-state index >= 15 is 0 Å². The summed E-state index contributed by atoms with van der Waals surface area (Å²) in [5, 5.41) is 9.11. The van der Waals surface area contributed by atoms with E-state index in [1.807, 2.05) is 64.1 Å². The smallest absolute Gasteiger partial charge is 0.336 e. The molecule has 2 aromatic carbocycles. The molecule has 2 aromatic rings. The number of allylic oxidation sites excluding steroid dienone is 9. The fourth-order valence-corrected chi connectivity index (χ4v) is 5.58. The predicted molar refractivity (Wildman–Crippen MR) is 178 cm³/mol. The maximum absolute atomic E-state index is 12.6. The normalized spacial score (nSPS) is 16.5. The third-order valence-corrected chi connectivity index (χ3v) is 7.99. The van der Waals surface area contributed by atoms with Crippen molar-refractivity contribution in [3.63, 3.8) is 0 Å². The zero-order chi connectivity index (χ0) is 32.6. The minimum Gasteiger partial charge on any atom is -0.480 e. The summed E-state index contributed by atoms with van der Waals surface area (Å²) in [5.74, 6) is 0.271. The van der Waals surface area contributed by atoms with E-state index in [4.69, 9.17) is 20.3 Å². The van der Waals surface area contributed by atoms with Crippen molar-refractivity contribution in [3.8, 4) is 17.2 Å². The third-order valence-electron chi connectivity index (χ3n) is 7.99. The fourth-order valence-electron chi connectivity index (χ4n) is 5.58. The van der Waals surface area contributed by atoms with Crippen LogP contribution in [0.1, 0.15) is 76.1 Å². The SMILES string of the molecule is CC1=C(/C=C/C(C)=C/C=C/C(C)=C/C(=O)Oc2ccc(Oc3c(C)cc(CC(N)C(=O)O)cc3C)cc2C)C(C)(C)CCC1. The van der Waals surface area contributed by atoms with Crippen molar-refractivity contribution in [2.45, 2.75) is 87.1 Å². The number of hydrogen-bond acceptors (Lipinski definition) is 5. The van der Waals surface area contributed by atoms with Gasteiger partial charge in [-0.15, -0.1) is 0 Å². The summed E-state index contributed by atoms with van der Waals surface area (Å²) in [6.45, 7) is 16.5. The number of aryl methyl sites for hydroxylation is 3. The largest absolute Gasteiger partial charge is 0.480 e. The van der Waals surface area contributed by atoms with Crippen LogP contribution in [0.3, 0.4) is 0 Å². The molecule has 6 heteroatoms. The molecule has 3 N–H and O–H groups in total. The number of hydrogen-bond donors (Lipinski definition) is 2. The van der Waals surface area contributed by atoms with Crippen LogP contribution >= 0.6 is 0 Å². The second-order valence-electron chi connectivity index (χ2n) is 12.6. The number of rotatable bonds is 11. The van der Waals surface area contributed by atoms with Crippen LogP contribution in [-0.2, 0) is 16.0 Å². The highest BCUT2D eigenvalue weighted by atomic mass is 16.5. The van der Waals surface area contributed by atoms with Crippen molar-refractivity contribution >= 4 is 11.9 Å². The highest BCUT2D eigenvalue weighted by Crippen LogP contribution is 2.41. The van der Waals surface area contributed by atoms with E-state index in [1.54, 1.807) is 12.1 Å². The zero-order valence-electron chi connectivity index (χ0n) is 27.4. The first kappa shape index (κ1) is 34.3. The molecule has 1 aliphatic rings. The van der Waals surface area contributed by atoms with E-state index in [2.05, 4.69) is 39.8 Å². The first-order valence-electron chi connectivity index (χ1n) is 15.2. The van der Waals surface area contributed by atoms with E-state index < -0.39 is 18.0 Å². The van der Waals surface area contributed by atoms with Crippen LogP contribution < -0.4 is 15.2 Å². The number of carbonyl (C=O) groups is 2. The van der Waals surface area contributed by atoms with Gasteiger partial charge < -0.3 is 20.3 Å². The Morgan fingerprint density at radius 1 is 1.00 bits per heavy atom. The first-order chi connectivity index (χ1) is 20.7. The molecule has 0 saturated carbocycles. The fraction of sp³-hybridized carbons (Fsp3) is 0.368. The molecule has 0 aromatic heterocycles. The van der Waals surface area contributed by atoms with Gasteiger partial charge in [0, 0.05) is 6.08 Å². The summed E-state index contributed by atoms with van der Waals surface area (Å²) in [5.41, 5.74) is 14.1. The molecule has 0 spiro atoms. The molecular weight excluding hydrogens is 550 g/mol. The van der Waals surface area contributed by atoms with Crippen molar-refractivity contribution in [2.24, 2.45) is 11.1 Å². The highest BCUT2D eigenvalue weighted by molar-refractivity contribution is 5.85. The van der Waals surface area contributed by atoms with Gasteiger partial charge in [-0.3, -0.25) is 4.79 Å². The Kier molecular flexibility index (Phi) is 11.7. The lowest BCUT2D eigenvalue weighted by molar-refractivity contribution is -0.138. The molecule has 44 heavy (non-hydrogen) atoms. The monoisotopic (exact) mass is 597 g/mol. The average molecular weight is 598 g/mol. The van der Waals surface area contributed by atoms with Gasteiger partial charge in [0.2, 0.25) is 0 Å². The van der Waals surface area contributed by atoms with Crippen molar-refractivity contribution in [1.29, 1.82) is 0 Å². The van der Waals surface area contributed by atoms with Gasteiger partial charge in [-0.2, -0.15) is 0 Å². The molecule has 0 saturated heterocycles. The Bertz CT molecular complexity index is 1530. The lowest BCUT2D eigenvalue weighted by atomic mass is 9.72. The molecule has 0 radical (unpaired) electrons. The Morgan fingerprint density at radius 3 is 2.30 bits per heavy atom. The van der Waals surface area contributed by atoms with Crippen LogP contribution in [0.15, 0.2) is 89.1 Å². The molecule has 6 nitrogen and oxygen atoms in total. The molecule has 0 heterocycles. The Balaban J connectivity index is 1.61. The van der Waals surface area contributed by atoms with Crippen molar-refractivity contribution in [3.05, 3.63) is 111 Å². The van der Waals surface area contributed by atoms with E-state index in [0.29, 0.717) is 17.2 Å². The lowest BCUT2D eigenvalue weighted by Crippen LogP contribution is -2.32. The molecule has 1 unspecified atom stereocenters. The molecule has 1 aliphatic carbocycles. The summed E-state index contributed by atoms with van der Waals surface area (Å²) >= 11 is 0. The lowest BCUT2D eigenvalue weighted by Gasteiger charge is -2.32. The maximum Gasteiger partial charge on any atom is 0.336 e. The van der Waals surface area contributed by atoms with Gasteiger partial charge in [-0.25, -0.2) is 4.79 Å². The van der Waals surface area contributed by atoms with Crippen LogP contribution in [0.2, 0.25) is 0 Å². The minimum absolute atomic E-state index is 0.214. The molecule has 0 fully saturated rings. The van der Waals surface area contributed by atoms with Gasteiger partial charge in [-0.1, -0.05) is 67.5 Å². The van der Waals surface area contributed by atoms with Gasteiger partial charge in [0.25, 0.3) is 0 Å². The summed E-state index contributed by atoms with van der Waals surface area (Å²) in [6, 6.07) is 8.12. The Labute approximate surface area is 262 Å².